The van der Waals surface area contributed by atoms with Crippen molar-refractivity contribution in [2.24, 2.45) is 0 Å². The lowest BCUT2D eigenvalue weighted by atomic mass is 10.2. The van der Waals surface area contributed by atoms with Crippen molar-refractivity contribution in [3.05, 3.63) is 80.5 Å². The van der Waals surface area contributed by atoms with E-state index in [1.54, 1.807) is 12.1 Å². The molecule has 0 unspecified atom stereocenters. The minimum Gasteiger partial charge on any atom is -0.486 e. The number of hydrogen-bond donors (Lipinski definition) is 0. The topological polar surface area (TPSA) is 45.7 Å². The van der Waals surface area contributed by atoms with Crippen LogP contribution in [0.3, 0.4) is 0 Å². The van der Waals surface area contributed by atoms with Gasteiger partial charge >= 0.3 is 0 Å². The zero-order valence-corrected chi connectivity index (χ0v) is 19.5. The van der Waals surface area contributed by atoms with Crippen LogP contribution >= 0.6 is 22.9 Å². The molecule has 4 rings (SSSR count). The lowest BCUT2D eigenvalue weighted by Crippen LogP contribution is -2.35. The quantitative estimate of drug-likeness (QED) is 0.495. The van der Waals surface area contributed by atoms with Gasteiger partial charge in [-0.2, -0.15) is 0 Å². The van der Waals surface area contributed by atoms with Crippen LogP contribution in [0.5, 0.6) is 5.75 Å². The fourth-order valence-electron chi connectivity index (χ4n) is 3.71. The molecule has 8 heteroatoms. The maximum atomic E-state index is 13.2. The number of aryl methyl sites for hydroxylation is 1. The molecule has 0 spiro atoms. The maximum absolute atomic E-state index is 13.2. The Morgan fingerprint density at radius 2 is 1.84 bits per heavy atom. The minimum absolute atomic E-state index is 0.0291. The van der Waals surface area contributed by atoms with Crippen molar-refractivity contribution in [2.75, 3.05) is 26.2 Å². The predicted octanol–water partition coefficient (Wildman–Crippen LogP) is 5.17. The molecule has 1 aliphatic heterocycles. The molecule has 2 aromatic carbocycles. The first-order valence-electron chi connectivity index (χ1n) is 10.6. The standard InChI is InChI=1S/C24H25ClFN3O2S/c1-17-23(32-22(27-17)16-31-21-9-7-20(26)8-10-21)24(30)29-12-2-11-28(13-14-29)15-18-3-5-19(25)6-4-18/h3-10H,2,11-16H2,1H3. The van der Waals surface area contributed by atoms with Crippen molar-refractivity contribution in [1.82, 2.24) is 14.8 Å². The molecule has 0 radical (unpaired) electrons. The molecule has 1 aromatic heterocycles. The fraction of sp³-hybridized carbons (Fsp3) is 0.333. The van der Waals surface area contributed by atoms with Gasteiger partial charge in [-0.3, -0.25) is 9.69 Å². The number of amides is 1. The van der Waals surface area contributed by atoms with E-state index < -0.39 is 0 Å². The summed E-state index contributed by atoms with van der Waals surface area (Å²) >= 11 is 7.35. The van der Waals surface area contributed by atoms with E-state index in [0.29, 0.717) is 17.2 Å². The van der Waals surface area contributed by atoms with Gasteiger partial charge in [0.1, 0.15) is 28.1 Å². The molecule has 1 saturated heterocycles. The van der Waals surface area contributed by atoms with Crippen molar-refractivity contribution in [3.8, 4) is 5.75 Å². The van der Waals surface area contributed by atoms with E-state index in [0.717, 1.165) is 48.3 Å². The summed E-state index contributed by atoms with van der Waals surface area (Å²) in [5, 5.41) is 1.47. The van der Waals surface area contributed by atoms with Crippen LogP contribution in [0.15, 0.2) is 48.5 Å². The molecule has 1 fully saturated rings. The second-order valence-electron chi connectivity index (χ2n) is 7.81. The first kappa shape index (κ1) is 22.7. The van der Waals surface area contributed by atoms with Gasteiger partial charge in [-0.15, -0.1) is 11.3 Å². The molecule has 1 aliphatic rings. The summed E-state index contributed by atoms with van der Waals surface area (Å²) in [6.07, 6.45) is 0.928. The summed E-state index contributed by atoms with van der Waals surface area (Å²) in [6, 6.07) is 13.8. The molecule has 168 valence electrons. The normalized spacial score (nSPS) is 14.9. The number of carbonyl (C=O) groups is 1. The highest BCUT2D eigenvalue weighted by Crippen LogP contribution is 2.23. The number of benzene rings is 2. The number of rotatable bonds is 6. The molecule has 3 aromatic rings. The fourth-order valence-corrected chi connectivity index (χ4v) is 4.78. The van der Waals surface area contributed by atoms with E-state index in [4.69, 9.17) is 16.3 Å². The molecule has 5 nitrogen and oxygen atoms in total. The largest absolute Gasteiger partial charge is 0.486 e. The van der Waals surface area contributed by atoms with Gasteiger partial charge in [0.2, 0.25) is 0 Å². The van der Waals surface area contributed by atoms with Crippen molar-refractivity contribution in [2.45, 2.75) is 26.5 Å². The molecule has 32 heavy (non-hydrogen) atoms. The minimum atomic E-state index is -0.306. The van der Waals surface area contributed by atoms with Gasteiger partial charge in [0, 0.05) is 37.7 Å². The van der Waals surface area contributed by atoms with Gasteiger partial charge in [0.25, 0.3) is 5.91 Å². The Morgan fingerprint density at radius 3 is 2.59 bits per heavy atom. The summed E-state index contributed by atoms with van der Waals surface area (Å²) in [5.41, 5.74) is 1.94. The van der Waals surface area contributed by atoms with Crippen molar-refractivity contribution >= 4 is 28.8 Å². The summed E-state index contributed by atoms with van der Waals surface area (Å²) < 4.78 is 18.7. The molecule has 0 N–H and O–H groups in total. The van der Waals surface area contributed by atoms with E-state index >= 15 is 0 Å². The first-order chi connectivity index (χ1) is 15.5. The maximum Gasteiger partial charge on any atom is 0.265 e. The van der Waals surface area contributed by atoms with Crippen LogP contribution in [0, 0.1) is 12.7 Å². The molecule has 0 aliphatic carbocycles. The first-order valence-corrected chi connectivity index (χ1v) is 11.8. The third-order valence-corrected chi connectivity index (χ3v) is 6.78. The van der Waals surface area contributed by atoms with Gasteiger partial charge in [-0.1, -0.05) is 23.7 Å². The number of nitrogens with zero attached hydrogens (tertiary/aromatic N) is 3. The number of halogens is 2. The molecule has 0 bridgehead atoms. The highest BCUT2D eigenvalue weighted by molar-refractivity contribution is 7.13. The van der Waals surface area contributed by atoms with E-state index in [1.165, 1.54) is 29.0 Å². The van der Waals surface area contributed by atoms with E-state index in [-0.39, 0.29) is 18.3 Å². The lowest BCUT2D eigenvalue weighted by molar-refractivity contribution is 0.0765. The summed E-state index contributed by atoms with van der Waals surface area (Å²) in [6.45, 7) is 6.15. The van der Waals surface area contributed by atoms with Crippen LogP contribution in [-0.4, -0.2) is 46.9 Å². The van der Waals surface area contributed by atoms with Gasteiger partial charge in [-0.05, 0) is 55.3 Å². The van der Waals surface area contributed by atoms with Gasteiger partial charge in [0.15, 0.2) is 0 Å². The molecule has 0 saturated carbocycles. The van der Waals surface area contributed by atoms with Crippen LogP contribution in [0.25, 0.3) is 0 Å². The summed E-state index contributed by atoms with van der Waals surface area (Å²) in [5.74, 6) is 0.293. The van der Waals surface area contributed by atoms with Gasteiger partial charge < -0.3 is 9.64 Å². The van der Waals surface area contributed by atoms with E-state index in [9.17, 15) is 9.18 Å². The van der Waals surface area contributed by atoms with Crippen LogP contribution in [-0.2, 0) is 13.2 Å². The third-order valence-electron chi connectivity index (χ3n) is 5.41. The SMILES string of the molecule is Cc1nc(COc2ccc(F)cc2)sc1C(=O)N1CCCN(Cc2ccc(Cl)cc2)CC1. The van der Waals surface area contributed by atoms with Crippen molar-refractivity contribution in [3.63, 3.8) is 0 Å². The Morgan fingerprint density at radius 1 is 1.09 bits per heavy atom. The zero-order chi connectivity index (χ0) is 22.5. The Balaban J connectivity index is 1.34. The van der Waals surface area contributed by atoms with Crippen LogP contribution in [0.2, 0.25) is 5.02 Å². The number of thiazole rings is 1. The Bertz CT molecular complexity index is 1060. The molecule has 2 heterocycles. The Hall–Kier alpha value is -2.48. The number of hydrogen-bond acceptors (Lipinski definition) is 5. The Kier molecular flexibility index (Phi) is 7.40. The third kappa shape index (κ3) is 5.85. The van der Waals surface area contributed by atoms with Gasteiger partial charge in [0.05, 0.1) is 5.69 Å². The van der Waals surface area contributed by atoms with E-state index in [2.05, 4.69) is 9.88 Å². The number of aromatic nitrogens is 1. The Labute approximate surface area is 196 Å². The summed E-state index contributed by atoms with van der Waals surface area (Å²) in [4.78, 5) is 22.7. The molecule has 0 atom stereocenters. The van der Waals surface area contributed by atoms with Crippen LogP contribution in [0.4, 0.5) is 4.39 Å². The smallest absolute Gasteiger partial charge is 0.265 e. The molecular weight excluding hydrogens is 449 g/mol. The molecule has 1 amide bonds. The van der Waals surface area contributed by atoms with Crippen molar-refractivity contribution in [1.29, 1.82) is 0 Å². The molecular formula is C24H25ClFN3O2S. The highest BCUT2D eigenvalue weighted by atomic mass is 35.5. The average Bonchev–Trinajstić information content (AvgIpc) is 3.00. The number of carbonyl (C=O) groups excluding carboxylic acids is 1. The second-order valence-corrected chi connectivity index (χ2v) is 9.33. The van der Waals surface area contributed by atoms with Gasteiger partial charge in [-0.25, -0.2) is 9.37 Å². The predicted molar refractivity (Wildman–Crippen MR) is 125 cm³/mol. The summed E-state index contributed by atoms with van der Waals surface area (Å²) in [7, 11) is 0. The highest BCUT2D eigenvalue weighted by Gasteiger charge is 2.24. The zero-order valence-electron chi connectivity index (χ0n) is 17.9. The van der Waals surface area contributed by atoms with Crippen LogP contribution < -0.4 is 4.74 Å². The van der Waals surface area contributed by atoms with E-state index in [1.807, 2.05) is 36.1 Å². The lowest BCUT2D eigenvalue weighted by Gasteiger charge is -2.22. The van der Waals surface area contributed by atoms with Crippen LogP contribution in [0.1, 0.15) is 32.4 Å². The second kappa shape index (κ2) is 10.4. The number of ether oxygens (including phenoxy) is 1. The monoisotopic (exact) mass is 473 g/mol. The average molecular weight is 474 g/mol. The van der Waals surface area contributed by atoms with Crippen molar-refractivity contribution < 1.29 is 13.9 Å².